The van der Waals surface area contributed by atoms with E-state index < -0.39 is 17.0 Å². The van der Waals surface area contributed by atoms with Crippen molar-refractivity contribution in [3.05, 3.63) is 81.9 Å². The largest absolute Gasteiger partial charge is 0.496 e. The lowest BCUT2D eigenvalue weighted by Crippen LogP contribution is -2.33. The van der Waals surface area contributed by atoms with E-state index in [9.17, 15) is 14.7 Å². The smallest absolute Gasteiger partial charge is 0.308 e. The summed E-state index contributed by atoms with van der Waals surface area (Å²) in [5, 5.41) is 11.0. The number of amides is 1. The number of aliphatic carboxylic acids is 1. The first-order valence-electron chi connectivity index (χ1n) is 13.2. The molecule has 212 valence electrons. The van der Waals surface area contributed by atoms with E-state index in [4.69, 9.17) is 19.0 Å². The number of methoxy groups -OCH3 is 2. The quantitative estimate of drug-likeness (QED) is 0.244. The molecule has 0 bridgehead atoms. The maximum atomic E-state index is 12.0. The van der Waals surface area contributed by atoms with Gasteiger partial charge in [-0.1, -0.05) is 50.2 Å². The van der Waals surface area contributed by atoms with Gasteiger partial charge in [-0.05, 0) is 50.5 Å². The van der Waals surface area contributed by atoms with Crippen LogP contribution in [0.5, 0.6) is 23.0 Å². The Kier molecular flexibility index (Phi) is 8.12. The predicted molar refractivity (Wildman–Crippen MR) is 151 cm³/mol. The monoisotopic (exact) mass is 547 g/mol. The van der Waals surface area contributed by atoms with Crippen molar-refractivity contribution in [3.8, 4) is 23.0 Å². The number of carboxylic acids is 1. The summed E-state index contributed by atoms with van der Waals surface area (Å²) in [4.78, 5) is 29.8. The molecule has 0 saturated carbocycles. The number of hydrogen-bond acceptors (Lipinski definition) is 6. The molecule has 3 aromatic rings. The van der Waals surface area contributed by atoms with Crippen LogP contribution >= 0.6 is 0 Å². The van der Waals surface area contributed by atoms with Crippen LogP contribution in [0.2, 0.25) is 0 Å². The standard InChI is InChI=1S/C32H37NO7/c1-31(2,3)40-33(19-34)18-23-25(37-6)14-13-24-29(23)39-30-22(17-27(35)36)26(38-7)16-21(28(30)32(24,4)5)15-20-11-9-8-10-12-20/h8-14,16,19H,15,17-18H2,1-7H3,(H,35,36). The van der Waals surface area contributed by atoms with Crippen LogP contribution in [0.3, 0.4) is 0 Å². The maximum absolute atomic E-state index is 12.0. The molecule has 1 heterocycles. The number of carbonyl (C=O) groups excluding carboxylic acids is 1. The van der Waals surface area contributed by atoms with Gasteiger partial charge in [-0.25, -0.2) is 5.06 Å². The Labute approximate surface area is 235 Å². The molecule has 0 fully saturated rings. The van der Waals surface area contributed by atoms with Gasteiger partial charge in [-0.3, -0.25) is 14.4 Å². The molecule has 40 heavy (non-hydrogen) atoms. The molecule has 0 spiro atoms. The van der Waals surface area contributed by atoms with E-state index in [1.807, 2.05) is 57.2 Å². The molecule has 8 heteroatoms. The molecule has 3 aromatic carbocycles. The van der Waals surface area contributed by atoms with Gasteiger partial charge in [0.2, 0.25) is 6.41 Å². The molecular weight excluding hydrogens is 510 g/mol. The summed E-state index contributed by atoms with van der Waals surface area (Å²) in [6, 6.07) is 15.8. The zero-order valence-electron chi connectivity index (χ0n) is 24.2. The number of hydrogen-bond donors (Lipinski definition) is 1. The molecule has 0 saturated heterocycles. The molecule has 0 radical (unpaired) electrons. The van der Waals surface area contributed by atoms with E-state index in [1.54, 1.807) is 7.11 Å². The number of fused-ring (bicyclic) bond motifs is 2. The highest BCUT2D eigenvalue weighted by Gasteiger charge is 2.41. The first kappa shape index (κ1) is 29.0. The first-order chi connectivity index (χ1) is 18.9. The minimum Gasteiger partial charge on any atom is -0.496 e. The highest BCUT2D eigenvalue weighted by molar-refractivity contribution is 5.76. The summed E-state index contributed by atoms with van der Waals surface area (Å²) in [6.45, 7) is 9.82. The van der Waals surface area contributed by atoms with Crippen molar-refractivity contribution in [1.82, 2.24) is 5.06 Å². The lowest BCUT2D eigenvalue weighted by molar-refractivity contribution is -0.220. The van der Waals surface area contributed by atoms with Crippen molar-refractivity contribution in [2.75, 3.05) is 14.2 Å². The number of nitrogens with zero attached hydrogens (tertiary/aromatic N) is 1. The molecular formula is C32H37NO7. The third-order valence-corrected chi connectivity index (χ3v) is 6.97. The van der Waals surface area contributed by atoms with E-state index >= 15 is 0 Å². The Morgan fingerprint density at radius 2 is 1.68 bits per heavy atom. The second-order valence-corrected chi connectivity index (χ2v) is 11.4. The third kappa shape index (κ3) is 5.77. The number of hydroxylamine groups is 2. The van der Waals surface area contributed by atoms with Gasteiger partial charge in [0, 0.05) is 22.1 Å². The summed E-state index contributed by atoms with van der Waals surface area (Å²) < 4.78 is 18.1. The van der Waals surface area contributed by atoms with Gasteiger partial charge >= 0.3 is 5.97 Å². The molecule has 1 amide bonds. The average Bonchev–Trinajstić information content (AvgIpc) is 2.89. The van der Waals surface area contributed by atoms with Gasteiger partial charge < -0.3 is 19.3 Å². The summed E-state index contributed by atoms with van der Waals surface area (Å²) in [5.41, 5.74) is 3.74. The minimum atomic E-state index is -1.000. The van der Waals surface area contributed by atoms with Crippen LogP contribution in [-0.2, 0) is 39.2 Å². The van der Waals surface area contributed by atoms with Gasteiger partial charge in [0.15, 0.2) is 0 Å². The van der Waals surface area contributed by atoms with Crippen molar-refractivity contribution in [2.24, 2.45) is 0 Å². The summed E-state index contributed by atoms with van der Waals surface area (Å²) in [5.74, 6) is 0.928. The van der Waals surface area contributed by atoms with Crippen LogP contribution < -0.4 is 14.2 Å². The number of rotatable bonds is 10. The fourth-order valence-electron chi connectivity index (χ4n) is 5.37. The number of benzene rings is 3. The second-order valence-electron chi connectivity index (χ2n) is 11.4. The molecule has 0 atom stereocenters. The van der Waals surface area contributed by atoms with E-state index in [0.717, 1.165) is 22.3 Å². The first-order valence-corrected chi connectivity index (χ1v) is 13.2. The van der Waals surface area contributed by atoms with Crippen molar-refractivity contribution >= 4 is 12.4 Å². The molecule has 1 aliphatic rings. The minimum absolute atomic E-state index is 0.0631. The molecule has 1 N–H and O–H groups in total. The molecule has 4 rings (SSSR count). The second kappa shape index (κ2) is 11.2. The van der Waals surface area contributed by atoms with Crippen LogP contribution in [0.4, 0.5) is 0 Å². The Bertz CT molecular complexity index is 1410. The lowest BCUT2D eigenvalue weighted by Gasteiger charge is -2.39. The molecule has 0 aliphatic carbocycles. The van der Waals surface area contributed by atoms with Crippen LogP contribution in [0.25, 0.3) is 0 Å². The van der Waals surface area contributed by atoms with Crippen molar-refractivity contribution < 1.29 is 33.7 Å². The fourth-order valence-corrected chi connectivity index (χ4v) is 5.37. The normalized spacial score (nSPS) is 13.5. The predicted octanol–water partition coefficient (Wildman–Crippen LogP) is 6.04. The van der Waals surface area contributed by atoms with E-state index in [-0.39, 0.29) is 13.0 Å². The Hall–Kier alpha value is -4.04. The molecule has 8 nitrogen and oxygen atoms in total. The van der Waals surface area contributed by atoms with E-state index in [0.29, 0.717) is 47.0 Å². The van der Waals surface area contributed by atoms with E-state index in [2.05, 4.69) is 26.0 Å². The summed E-state index contributed by atoms with van der Waals surface area (Å²) >= 11 is 0. The SMILES string of the molecule is COc1ccc2c(c1CN(C=O)OC(C)(C)C)Oc1c(CC(=O)O)c(OC)cc(Cc3ccccc3)c1C2(C)C. The van der Waals surface area contributed by atoms with Crippen molar-refractivity contribution in [1.29, 1.82) is 0 Å². The van der Waals surface area contributed by atoms with Crippen LogP contribution in [-0.4, -0.2) is 42.4 Å². The molecule has 0 aromatic heterocycles. The summed E-state index contributed by atoms with van der Waals surface area (Å²) in [7, 11) is 3.08. The van der Waals surface area contributed by atoms with Gasteiger partial charge in [0.05, 0.1) is 38.3 Å². The average molecular weight is 548 g/mol. The Morgan fingerprint density at radius 1 is 1.00 bits per heavy atom. The lowest BCUT2D eigenvalue weighted by atomic mass is 9.71. The van der Waals surface area contributed by atoms with Gasteiger partial charge in [-0.2, -0.15) is 0 Å². The Morgan fingerprint density at radius 3 is 2.25 bits per heavy atom. The number of carboxylic acid groups (broad SMARTS) is 1. The summed E-state index contributed by atoms with van der Waals surface area (Å²) in [6.07, 6.45) is 0.953. The van der Waals surface area contributed by atoms with Gasteiger partial charge in [0.25, 0.3) is 0 Å². The topological polar surface area (TPSA) is 94.5 Å². The van der Waals surface area contributed by atoms with Gasteiger partial charge in [-0.15, -0.1) is 0 Å². The van der Waals surface area contributed by atoms with Crippen LogP contribution in [0.15, 0.2) is 48.5 Å². The van der Waals surface area contributed by atoms with Crippen LogP contribution in [0, 0.1) is 0 Å². The zero-order valence-corrected chi connectivity index (χ0v) is 24.2. The number of ether oxygens (including phenoxy) is 3. The van der Waals surface area contributed by atoms with Crippen molar-refractivity contribution in [2.45, 2.75) is 65.0 Å². The Balaban J connectivity index is 1.96. The van der Waals surface area contributed by atoms with Crippen molar-refractivity contribution in [3.63, 3.8) is 0 Å². The third-order valence-electron chi connectivity index (χ3n) is 6.97. The highest BCUT2D eigenvalue weighted by Crippen LogP contribution is 2.55. The van der Waals surface area contributed by atoms with Crippen LogP contribution in [0.1, 0.15) is 68.0 Å². The maximum Gasteiger partial charge on any atom is 0.308 e. The molecule has 1 aliphatic heterocycles. The fraction of sp³-hybridized carbons (Fsp3) is 0.375. The number of carbonyl (C=O) groups is 2. The molecule has 0 unspecified atom stereocenters. The van der Waals surface area contributed by atoms with Gasteiger partial charge in [0.1, 0.15) is 23.0 Å². The van der Waals surface area contributed by atoms with E-state index in [1.165, 1.54) is 12.2 Å². The highest BCUT2D eigenvalue weighted by atomic mass is 16.7. The zero-order chi connectivity index (χ0) is 29.2.